The van der Waals surface area contributed by atoms with Crippen LogP contribution in [0.3, 0.4) is 0 Å². The van der Waals surface area contributed by atoms with Gasteiger partial charge in [-0.2, -0.15) is 4.37 Å². The molecule has 0 radical (unpaired) electrons. The first-order valence-electron chi connectivity index (χ1n) is 7.07. The molecule has 1 heterocycles. The standard InChI is InChI=1S/C13H23N3S2/c1-2-12-15-13(18-16-12)17-10-9-14-11-7-5-3-4-6-8-11/h11,14H,2-10H2,1H3. The summed E-state index contributed by atoms with van der Waals surface area (Å²) in [6.45, 7) is 3.19. The van der Waals surface area contributed by atoms with Crippen LogP contribution in [0.15, 0.2) is 4.34 Å². The summed E-state index contributed by atoms with van der Waals surface area (Å²) in [6, 6.07) is 0.758. The molecule has 0 saturated heterocycles. The smallest absolute Gasteiger partial charge is 0.170 e. The van der Waals surface area contributed by atoms with Crippen molar-refractivity contribution in [3.63, 3.8) is 0 Å². The third kappa shape index (κ3) is 4.86. The van der Waals surface area contributed by atoms with E-state index in [2.05, 4.69) is 21.6 Å². The van der Waals surface area contributed by atoms with E-state index in [1.54, 1.807) is 0 Å². The van der Waals surface area contributed by atoms with Gasteiger partial charge < -0.3 is 5.32 Å². The predicted octanol–water partition coefficient (Wildman–Crippen LogP) is 3.51. The summed E-state index contributed by atoms with van der Waals surface area (Å²) in [6.07, 6.45) is 9.33. The lowest BCUT2D eigenvalue weighted by atomic mass is 10.1. The summed E-state index contributed by atoms with van der Waals surface area (Å²) in [5, 5.41) is 3.69. The summed E-state index contributed by atoms with van der Waals surface area (Å²) in [5.41, 5.74) is 0. The van der Waals surface area contributed by atoms with Gasteiger partial charge in [0, 0.05) is 24.8 Å². The zero-order chi connectivity index (χ0) is 12.6. The summed E-state index contributed by atoms with van der Waals surface area (Å²) in [5.74, 6) is 2.09. The van der Waals surface area contributed by atoms with E-state index in [1.165, 1.54) is 50.1 Å². The molecule has 0 atom stereocenters. The Bertz CT molecular complexity index is 333. The van der Waals surface area contributed by atoms with Crippen LogP contribution in [-0.2, 0) is 6.42 Å². The fraction of sp³-hybridized carbons (Fsp3) is 0.846. The molecule has 0 spiro atoms. The monoisotopic (exact) mass is 285 g/mol. The van der Waals surface area contributed by atoms with E-state index in [1.807, 2.05) is 11.8 Å². The lowest BCUT2D eigenvalue weighted by molar-refractivity contribution is 0.474. The largest absolute Gasteiger partial charge is 0.313 e. The van der Waals surface area contributed by atoms with Gasteiger partial charge in [-0.3, -0.25) is 0 Å². The van der Waals surface area contributed by atoms with E-state index in [-0.39, 0.29) is 0 Å². The van der Waals surface area contributed by atoms with Crippen molar-refractivity contribution in [3.8, 4) is 0 Å². The Hall–Kier alpha value is -0.130. The van der Waals surface area contributed by atoms with Crippen LogP contribution in [0.1, 0.15) is 51.3 Å². The molecule has 1 aromatic rings. The number of hydrogen-bond donors (Lipinski definition) is 1. The molecule has 0 aliphatic heterocycles. The minimum Gasteiger partial charge on any atom is -0.313 e. The summed E-state index contributed by atoms with van der Waals surface area (Å²) in [7, 11) is 0. The molecule has 1 fully saturated rings. The van der Waals surface area contributed by atoms with Crippen molar-refractivity contribution >= 4 is 23.3 Å². The first-order valence-corrected chi connectivity index (χ1v) is 8.83. The van der Waals surface area contributed by atoms with Crippen LogP contribution in [0.4, 0.5) is 0 Å². The van der Waals surface area contributed by atoms with Crippen molar-refractivity contribution in [2.75, 3.05) is 12.3 Å². The molecular formula is C13H23N3S2. The van der Waals surface area contributed by atoms with E-state index >= 15 is 0 Å². The van der Waals surface area contributed by atoms with Crippen molar-refractivity contribution < 1.29 is 0 Å². The van der Waals surface area contributed by atoms with Gasteiger partial charge in [0.1, 0.15) is 5.82 Å². The molecular weight excluding hydrogens is 262 g/mol. The highest BCUT2D eigenvalue weighted by atomic mass is 32.2. The van der Waals surface area contributed by atoms with Crippen molar-refractivity contribution in [2.45, 2.75) is 62.3 Å². The van der Waals surface area contributed by atoms with Crippen LogP contribution in [-0.4, -0.2) is 27.7 Å². The van der Waals surface area contributed by atoms with Crippen molar-refractivity contribution in [3.05, 3.63) is 5.82 Å². The van der Waals surface area contributed by atoms with Crippen molar-refractivity contribution in [1.82, 2.24) is 14.7 Å². The Kier molecular flexibility index (Phi) is 6.45. The number of thioether (sulfide) groups is 1. The summed E-state index contributed by atoms with van der Waals surface area (Å²) in [4.78, 5) is 4.47. The summed E-state index contributed by atoms with van der Waals surface area (Å²) < 4.78 is 5.42. The first kappa shape index (κ1) is 14.3. The number of hydrogen-bond acceptors (Lipinski definition) is 5. The number of rotatable bonds is 6. The summed E-state index contributed by atoms with van der Waals surface area (Å²) >= 11 is 3.37. The van der Waals surface area contributed by atoms with Crippen LogP contribution in [0.25, 0.3) is 0 Å². The van der Waals surface area contributed by atoms with Crippen LogP contribution in [0.2, 0.25) is 0 Å². The molecule has 2 rings (SSSR count). The first-order chi connectivity index (χ1) is 8.88. The topological polar surface area (TPSA) is 37.8 Å². The minimum atomic E-state index is 0.758. The third-order valence-corrected chi connectivity index (χ3v) is 5.25. The Morgan fingerprint density at radius 2 is 2.06 bits per heavy atom. The number of aromatic nitrogens is 2. The maximum absolute atomic E-state index is 4.47. The molecule has 1 aliphatic carbocycles. The second-order valence-corrected chi connectivity index (χ2v) is 6.92. The highest BCUT2D eigenvalue weighted by molar-refractivity contribution is 8.00. The van der Waals surface area contributed by atoms with Crippen LogP contribution in [0, 0.1) is 0 Å². The SMILES string of the molecule is CCc1nsc(SCCNC2CCCCCC2)n1. The minimum absolute atomic E-state index is 0.758. The second kappa shape index (κ2) is 8.12. The molecule has 3 nitrogen and oxygen atoms in total. The van der Waals surface area contributed by atoms with Gasteiger partial charge in [-0.1, -0.05) is 44.4 Å². The van der Waals surface area contributed by atoms with Gasteiger partial charge in [0.2, 0.25) is 0 Å². The van der Waals surface area contributed by atoms with Gasteiger partial charge in [-0.25, -0.2) is 4.98 Å². The van der Waals surface area contributed by atoms with Crippen LogP contribution >= 0.6 is 23.3 Å². The van der Waals surface area contributed by atoms with Gasteiger partial charge >= 0.3 is 0 Å². The zero-order valence-electron chi connectivity index (χ0n) is 11.2. The molecule has 0 bridgehead atoms. The molecule has 0 aromatic carbocycles. The van der Waals surface area contributed by atoms with E-state index in [4.69, 9.17) is 0 Å². The number of nitrogens with one attached hydrogen (secondary N) is 1. The normalized spacial score (nSPS) is 17.8. The average Bonchev–Trinajstić information content (AvgIpc) is 2.70. The maximum Gasteiger partial charge on any atom is 0.170 e. The molecule has 1 saturated carbocycles. The third-order valence-electron chi connectivity index (χ3n) is 3.38. The molecule has 1 aromatic heterocycles. The average molecular weight is 285 g/mol. The maximum atomic E-state index is 4.47. The van der Waals surface area contributed by atoms with Gasteiger partial charge in [-0.05, 0) is 24.4 Å². The Morgan fingerprint density at radius 1 is 1.28 bits per heavy atom. The second-order valence-electron chi connectivity index (χ2n) is 4.82. The van der Waals surface area contributed by atoms with Crippen molar-refractivity contribution in [2.24, 2.45) is 0 Å². The van der Waals surface area contributed by atoms with Crippen LogP contribution in [0.5, 0.6) is 0 Å². The van der Waals surface area contributed by atoms with Crippen LogP contribution < -0.4 is 5.32 Å². The lowest BCUT2D eigenvalue weighted by Gasteiger charge is -2.15. The van der Waals surface area contributed by atoms with Gasteiger partial charge in [-0.15, -0.1) is 0 Å². The highest BCUT2D eigenvalue weighted by Gasteiger charge is 2.11. The number of aryl methyl sites for hydroxylation is 1. The molecule has 1 N–H and O–H groups in total. The van der Waals surface area contributed by atoms with E-state index in [9.17, 15) is 0 Å². The molecule has 0 unspecified atom stereocenters. The van der Waals surface area contributed by atoms with Gasteiger partial charge in [0.25, 0.3) is 0 Å². The Balaban J connectivity index is 1.60. The lowest BCUT2D eigenvalue weighted by Crippen LogP contribution is -2.30. The molecule has 1 aliphatic rings. The van der Waals surface area contributed by atoms with E-state index in [0.717, 1.165) is 34.9 Å². The Labute approximate surface area is 118 Å². The molecule has 5 heteroatoms. The molecule has 0 amide bonds. The van der Waals surface area contributed by atoms with Crippen molar-refractivity contribution in [1.29, 1.82) is 0 Å². The Morgan fingerprint density at radius 3 is 2.72 bits per heavy atom. The van der Waals surface area contributed by atoms with Gasteiger partial charge in [0.15, 0.2) is 4.34 Å². The highest BCUT2D eigenvalue weighted by Crippen LogP contribution is 2.20. The molecule has 102 valence electrons. The van der Waals surface area contributed by atoms with E-state index < -0.39 is 0 Å². The molecule has 18 heavy (non-hydrogen) atoms. The van der Waals surface area contributed by atoms with Gasteiger partial charge in [0.05, 0.1) is 0 Å². The fourth-order valence-electron chi connectivity index (χ4n) is 2.33. The number of nitrogens with zero attached hydrogens (tertiary/aromatic N) is 2. The predicted molar refractivity (Wildman–Crippen MR) is 79.5 cm³/mol. The zero-order valence-corrected chi connectivity index (χ0v) is 12.8. The fourth-order valence-corrected chi connectivity index (χ4v) is 3.96. The quantitative estimate of drug-likeness (QED) is 0.493. The van der Waals surface area contributed by atoms with E-state index in [0.29, 0.717) is 0 Å².